The molecular weight excluding hydrogens is 366 g/mol. The number of aromatic nitrogens is 1. The van der Waals surface area contributed by atoms with Gasteiger partial charge >= 0.3 is 0 Å². The lowest BCUT2D eigenvalue weighted by molar-refractivity contribution is 0.103. The van der Waals surface area contributed by atoms with E-state index in [9.17, 15) is 4.79 Å². The Bertz CT molecular complexity index is 1060. The van der Waals surface area contributed by atoms with Crippen molar-refractivity contribution in [3.8, 4) is 11.3 Å². The molecule has 0 atom stereocenters. The van der Waals surface area contributed by atoms with E-state index in [1.165, 1.54) is 29.7 Å². The minimum absolute atomic E-state index is 0.0914. The summed E-state index contributed by atoms with van der Waals surface area (Å²) in [5.74, 6) is -0.0914. The maximum Gasteiger partial charge on any atom is 0.265 e. The van der Waals surface area contributed by atoms with Crippen LogP contribution in [0.15, 0.2) is 60.0 Å². The van der Waals surface area contributed by atoms with Gasteiger partial charge in [0.1, 0.15) is 0 Å². The van der Waals surface area contributed by atoms with Crippen molar-refractivity contribution in [1.29, 1.82) is 0 Å². The lowest BCUT2D eigenvalue weighted by Crippen LogP contribution is -2.14. The van der Waals surface area contributed by atoms with Crippen LogP contribution in [0.1, 0.15) is 35.0 Å². The van der Waals surface area contributed by atoms with Crippen LogP contribution in [0.5, 0.6) is 0 Å². The third kappa shape index (κ3) is 3.91. The molecule has 2 N–H and O–H groups in total. The molecule has 0 spiro atoms. The summed E-state index contributed by atoms with van der Waals surface area (Å²) in [4.78, 5) is 18.0. The number of hydrogen-bond acceptors (Lipinski definition) is 4. The van der Waals surface area contributed by atoms with Crippen LogP contribution >= 0.6 is 11.3 Å². The zero-order chi connectivity index (χ0) is 19.3. The summed E-state index contributed by atoms with van der Waals surface area (Å²) in [5, 5.41) is 9.54. The van der Waals surface area contributed by atoms with E-state index in [1.807, 2.05) is 35.7 Å². The molecule has 0 radical (unpaired) electrons. The molecule has 28 heavy (non-hydrogen) atoms. The predicted molar refractivity (Wildman–Crippen MR) is 117 cm³/mol. The lowest BCUT2D eigenvalue weighted by Gasteiger charge is -2.04. The Labute approximate surface area is 169 Å². The second kappa shape index (κ2) is 8.50. The number of amides is 1. The van der Waals surface area contributed by atoms with Crippen molar-refractivity contribution in [2.75, 3.05) is 11.9 Å². The molecule has 0 saturated carbocycles. The number of thiophene rings is 1. The summed E-state index contributed by atoms with van der Waals surface area (Å²) < 4.78 is 0. The second-order valence-corrected chi connectivity index (χ2v) is 7.76. The number of hydrogen-bond donors (Lipinski definition) is 2. The first-order chi connectivity index (χ1) is 13.8. The maximum atomic E-state index is 12.4. The monoisotopic (exact) mass is 389 g/mol. The molecule has 1 amide bonds. The SMILES string of the molecule is CCCCNCc1cccc2c3cccc(NC(=O)c4cccs4)cc-3nc12. The Morgan fingerprint density at radius 3 is 2.82 bits per heavy atom. The van der Waals surface area contributed by atoms with E-state index in [0.29, 0.717) is 4.88 Å². The molecule has 1 aromatic carbocycles. The summed E-state index contributed by atoms with van der Waals surface area (Å²) >= 11 is 1.43. The largest absolute Gasteiger partial charge is 0.321 e. The van der Waals surface area contributed by atoms with E-state index >= 15 is 0 Å². The number of carbonyl (C=O) groups excluding carboxylic acids is 1. The van der Waals surface area contributed by atoms with Gasteiger partial charge in [0.15, 0.2) is 0 Å². The molecule has 4 nitrogen and oxygen atoms in total. The van der Waals surface area contributed by atoms with E-state index in [-0.39, 0.29) is 5.91 Å². The average Bonchev–Trinajstić information content (AvgIpc) is 3.30. The number of unbranched alkanes of at least 4 members (excludes halogenated alkanes) is 1. The molecule has 0 unspecified atom stereocenters. The number of anilines is 1. The van der Waals surface area contributed by atoms with Gasteiger partial charge in [-0.05, 0) is 42.1 Å². The molecule has 1 aliphatic heterocycles. The quantitative estimate of drug-likeness (QED) is 0.408. The fourth-order valence-electron chi connectivity index (χ4n) is 3.33. The number of fused-ring (bicyclic) bond motifs is 3. The average molecular weight is 390 g/mol. The van der Waals surface area contributed by atoms with Gasteiger partial charge < -0.3 is 10.6 Å². The van der Waals surface area contributed by atoms with Crippen molar-refractivity contribution in [2.45, 2.75) is 26.3 Å². The highest BCUT2D eigenvalue weighted by Gasteiger charge is 2.14. The van der Waals surface area contributed by atoms with Crippen molar-refractivity contribution < 1.29 is 4.79 Å². The number of nitrogens with zero attached hydrogens (tertiary/aromatic N) is 1. The summed E-state index contributed by atoms with van der Waals surface area (Å²) in [6, 6.07) is 17.9. The van der Waals surface area contributed by atoms with Gasteiger partial charge in [-0.1, -0.05) is 49.7 Å². The van der Waals surface area contributed by atoms with Crippen molar-refractivity contribution in [1.82, 2.24) is 10.3 Å². The van der Waals surface area contributed by atoms with Crippen molar-refractivity contribution in [3.63, 3.8) is 0 Å². The molecular formula is C23H23N3OS. The minimum Gasteiger partial charge on any atom is -0.321 e. The predicted octanol–water partition coefficient (Wildman–Crippen LogP) is 5.54. The maximum absolute atomic E-state index is 12.4. The second-order valence-electron chi connectivity index (χ2n) is 6.81. The number of nitrogens with one attached hydrogen (secondary N) is 2. The third-order valence-corrected chi connectivity index (χ3v) is 5.64. The van der Waals surface area contributed by atoms with Crippen LogP contribution in [-0.4, -0.2) is 17.4 Å². The van der Waals surface area contributed by atoms with E-state index in [1.54, 1.807) is 0 Å². The van der Waals surface area contributed by atoms with Crippen molar-refractivity contribution in [2.24, 2.45) is 0 Å². The first-order valence-electron chi connectivity index (χ1n) is 9.63. The number of carbonyl (C=O) groups is 1. The molecule has 2 aromatic rings. The van der Waals surface area contributed by atoms with Gasteiger partial charge in [-0.25, -0.2) is 4.98 Å². The van der Waals surface area contributed by atoms with Gasteiger partial charge in [0.05, 0.1) is 16.1 Å². The van der Waals surface area contributed by atoms with Crippen molar-refractivity contribution >= 4 is 33.8 Å². The topological polar surface area (TPSA) is 54.0 Å². The Balaban J connectivity index is 1.65. The molecule has 1 aliphatic carbocycles. The van der Waals surface area contributed by atoms with Gasteiger partial charge in [-0.3, -0.25) is 4.79 Å². The normalized spacial score (nSPS) is 11.2. The number of rotatable bonds is 7. The number of benzene rings is 1. The van der Waals surface area contributed by atoms with Crippen molar-refractivity contribution in [3.05, 3.63) is 70.4 Å². The standard InChI is InChI=1S/C23H23N3OS/c1-2-3-12-24-15-16-7-4-10-19-18-9-5-8-17(14-20(18)26-22(16)19)25-23(27)21-11-6-13-28-21/h4-11,13-14,24H,2-3,12,15H2,1H3,(H,25,27). The molecule has 142 valence electrons. The molecule has 2 heterocycles. The fraction of sp³-hybridized carbons (Fsp3) is 0.217. The van der Waals surface area contributed by atoms with Gasteiger partial charge in [0.2, 0.25) is 0 Å². The Morgan fingerprint density at radius 2 is 2.00 bits per heavy atom. The molecule has 2 aliphatic rings. The Hall–Kier alpha value is -2.76. The van der Waals surface area contributed by atoms with Crippen LogP contribution < -0.4 is 10.6 Å². The highest BCUT2D eigenvalue weighted by molar-refractivity contribution is 7.12. The van der Waals surface area contributed by atoms with Gasteiger partial charge in [-0.2, -0.15) is 0 Å². The van der Waals surface area contributed by atoms with Crippen LogP contribution in [0.4, 0.5) is 5.69 Å². The van der Waals surface area contributed by atoms with E-state index in [0.717, 1.165) is 40.9 Å². The smallest absolute Gasteiger partial charge is 0.265 e. The van der Waals surface area contributed by atoms with Crippen LogP contribution in [-0.2, 0) is 6.54 Å². The van der Waals surface area contributed by atoms with Crippen LogP contribution in [0.2, 0.25) is 0 Å². The minimum atomic E-state index is -0.0914. The molecule has 4 rings (SSSR count). The van der Waals surface area contributed by atoms with Gasteiger partial charge in [-0.15, -0.1) is 11.3 Å². The zero-order valence-electron chi connectivity index (χ0n) is 15.9. The summed E-state index contributed by atoms with van der Waals surface area (Å²) in [6.07, 6.45) is 2.36. The Morgan fingerprint density at radius 1 is 1.11 bits per heavy atom. The first kappa shape index (κ1) is 18.6. The Kier molecular flexibility index (Phi) is 5.65. The molecule has 0 bridgehead atoms. The van der Waals surface area contributed by atoms with Crippen LogP contribution in [0.3, 0.4) is 0 Å². The van der Waals surface area contributed by atoms with Gasteiger partial charge in [0.25, 0.3) is 5.91 Å². The van der Waals surface area contributed by atoms with E-state index in [2.05, 4.69) is 41.8 Å². The summed E-state index contributed by atoms with van der Waals surface area (Å²) in [7, 11) is 0. The van der Waals surface area contributed by atoms with E-state index < -0.39 is 0 Å². The van der Waals surface area contributed by atoms with Crippen LogP contribution in [0.25, 0.3) is 22.2 Å². The summed E-state index contributed by atoms with van der Waals surface area (Å²) in [6.45, 7) is 4.03. The molecule has 1 aromatic heterocycles. The third-order valence-electron chi connectivity index (χ3n) is 4.77. The number of para-hydroxylation sites is 1. The highest BCUT2D eigenvalue weighted by Crippen LogP contribution is 2.33. The molecule has 5 heteroatoms. The molecule has 0 saturated heterocycles. The highest BCUT2D eigenvalue weighted by atomic mass is 32.1. The van der Waals surface area contributed by atoms with E-state index in [4.69, 9.17) is 4.98 Å². The lowest BCUT2D eigenvalue weighted by atomic mass is 10.1. The van der Waals surface area contributed by atoms with Gasteiger partial charge in [0, 0.05) is 23.2 Å². The first-order valence-corrected chi connectivity index (χ1v) is 10.5. The molecule has 0 fully saturated rings. The zero-order valence-corrected chi connectivity index (χ0v) is 16.7. The summed E-state index contributed by atoms with van der Waals surface area (Å²) in [5.41, 5.74) is 4.98. The fourth-order valence-corrected chi connectivity index (χ4v) is 3.95. The van der Waals surface area contributed by atoms with Crippen LogP contribution in [0, 0.1) is 0 Å².